The van der Waals surface area contributed by atoms with Crippen molar-refractivity contribution in [3.05, 3.63) is 29.8 Å². The van der Waals surface area contributed by atoms with Crippen molar-refractivity contribution >= 4 is 10.0 Å². The van der Waals surface area contributed by atoms with Gasteiger partial charge in [-0.05, 0) is 76.5 Å². The van der Waals surface area contributed by atoms with Gasteiger partial charge in [-0.3, -0.25) is 0 Å². The zero-order chi connectivity index (χ0) is 17.7. The summed E-state index contributed by atoms with van der Waals surface area (Å²) in [7, 11) is -1.34. The van der Waals surface area contributed by atoms with Crippen molar-refractivity contribution in [2.75, 3.05) is 26.7 Å². The lowest BCUT2D eigenvalue weighted by atomic mass is 10.1. The SMILES string of the molecule is CN1CCC(NS(=O)(=O)c2ccc(CCNC3CCCC3)cc2)CC1. The Bertz CT molecular complexity index is 631. The Morgan fingerprint density at radius 2 is 1.64 bits per heavy atom. The fraction of sp³-hybridized carbons (Fsp3) is 0.684. The highest BCUT2D eigenvalue weighted by molar-refractivity contribution is 7.89. The summed E-state index contributed by atoms with van der Waals surface area (Å²) in [5, 5.41) is 3.60. The minimum absolute atomic E-state index is 0.0523. The van der Waals surface area contributed by atoms with Crippen LogP contribution in [0.1, 0.15) is 44.1 Å². The number of hydrogen-bond acceptors (Lipinski definition) is 4. The first kappa shape index (κ1) is 18.8. The van der Waals surface area contributed by atoms with Crippen LogP contribution >= 0.6 is 0 Å². The molecule has 0 unspecified atom stereocenters. The average Bonchev–Trinajstić information content (AvgIpc) is 3.11. The van der Waals surface area contributed by atoms with Gasteiger partial charge in [-0.1, -0.05) is 25.0 Å². The summed E-state index contributed by atoms with van der Waals surface area (Å²) in [4.78, 5) is 2.61. The van der Waals surface area contributed by atoms with E-state index in [1.165, 1.54) is 31.2 Å². The highest BCUT2D eigenvalue weighted by atomic mass is 32.2. The van der Waals surface area contributed by atoms with Crippen LogP contribution in [0.15, 0.2) is 29.2 Å². The second-order valence-electron chi connectivity index (χ2n) is 7.53. The van der Waals surface area contributed by atoms with Crippen molar-refractivity contribution in [3.8, 4) is 0 Å². The quantitative estimate of drug-likeness (QED) is 0.777. The Labute approximate surface area is 152 Å². The fourth-order valence-corrected chi connectivity index (χ4v) is 5.10. The topological polar surface area (TPSA) is 61.4 Å². The second-order valence-corrected chi connectivity index (χ2v) is 9.24. The molecule has 1 heterocycles. The lowest BCUT2D eigenvalue weighted by Crippen LogP contribution is -2.43. The number of sulfonamides is 1. The van der Waals surface area contributed by atoms with Crippen LogP contribution in [-0.4, -0.2) is 52.1 Å². The average molecular weight is 366 g/mol. The molecule has 1 aromatic rings. The van der Waals surface area contributed by atoms with Crippen LogP contribution in [0.25, 0.3) is 0 Å². The standard InChI is InChI=1S/C19H31N3O2S/c1-22-14-11-18(12-15-22)21-25(23,24)19-8-6-16(7-9-19)10-13-20-17-4-2-3-5-17/h6-9,17-18,20-21H,2-5,10-15H2,1H3. The predicted octanol–water partition coefficient (Wildman–Crippen LogP) is 2.13. The molecule has 2 N–H and O–H groups in total. The van der Waals surface area contributed by atoms with E-state index in [0.29, 0.717) is 10.9 Å². The minimum Gasteiger partial charge on any atom is -0.314 e. The first-order chi connectivity index (χ1) is 12.0. The van der Waals surface area contributed by atoms with Gasteiger partial charge in [-0.2, -0.15) is 0 Å². The molecule has 0 radical (unpaired) electrons. The number of benzene rings is 1. The lowest BCUT2D eigenvalue weighted by Gasteiger charge is -2.29. The Morgan fingerprint density at radius 1 is 1.00 bits per heavy atom. The Kier molecular flexibility index (Phi) is 6.49. The molecule has 1 aliphatic heterocycles. The number of nitrogens with zero attached hydrogens (tertiary/aromatic N) is 1. The molecule has 1 saturated heterocycles. The first-order valence-electron chi connectivity index (χ1n) is 9.56. The highest BCUT2D eigenvalue weighted by Gasteiger charge is 2.23. The Balaban J connectivity index is 1.49. The molecule has 0 aromatic heterocycles. The number of hydrogen-bond donors (Lipinski definition) is 2. The molecule has 1 aromatic carbocycles. The zero-order valence-electron chi connectivity index (χ0n) is 15.2. The van der Waals surface area contributed by atoms with Crippen LogP contribution < -0.4 is 10.0 Å². The van der Waals surface area contributed by atoms with Gasteiger partial charge in [0, 0.05) is 12.1 Å². The highest BCUT2D eigenvalue weighted by Crippen LogP contribution is 2.18. The maximum Gasteiger partial charge on any atom is 0.240 e. The molecular formula is C19H31N3O2S. The summed E-state index contributed by atoms with van der Waals surface area (Å²) < 4.78 is 28.0. The molecule has 5 nitrogen and oxygen atoms in total. The van der Waals surface area contributed by atoms with Crippen molar-refractivity contribution in [1.29, 1.82) is 0 Å². The van der Waals surface area contributed by atoms with Gasteiger partial charge in [-0.15, -0.1) is 0 Å². The third kappa shape index (κ3) is 5.51. The Morgan fingerprint density at radius 3 is 2.28 bits per heavy atom. The monoisotopic (exact) mass is 365 g/mol. The third-order valence-corrected chi connectivity index (χ3v) is 7.01. The van der Waals surface area contributed by atoms with E-state index >= 15 is 0 Å². The van der Waals surface area contributed by atoms with Gasteiger partial charge in [-0.25, -0.2) is 13.1 Å². The molecule has 1 aliphatic carbocycles. The first-order valence-corrected chi connectivity index (χ1v) is 11.0. The van der Waals surface area contributed by atoms with Crippen LogP contribution in [0.3, 0.4) is 0 Å². The van der Waals surface area contributed by atoms with Gasteiger partial charge >= 0.3 is 0 Å². The molecule has 0 atom stereocenters. The van der Waals surface area contributed by atoms with Crippen molar-refractivity contribution in [1.82, 2.24) is 14.9 Å². The van der Waals surface area contributed by atoms with Crippen LogP contribution in [-0.2, 0) is 16.4 Å². The second kappa shape index (κ2) is 8.62. The van der Waals surface area contributed by atoms with Gasteiger partial charge in [0.05, 0.1) is 4.90 Å². The van der Waals surface area contributed by atoms with E-state index in [1.54, 1.807) is 12.1 Å². The predicted molar refractivity (Wildman–Crippen MR) is 101 cm³/mol. The molecule has 3 rings (SSSR count). The van der Waals surface area contributed by atoms with E-state index in [0.717, 1.165) is 38.9 Å². The molecule has 1 saturated carbocycles. The van der Waals surface area contributed by atoms with Crippen molar-refractivity contribution in [2.24, 2.45) is 0 Å². The molecule has 0 spiro atoms. The number of rotatable bonds is 7. The van der Waals surface area contributed by atoms with E-state index in [9.17, 15) is 8.42 Å². The molecule has 0 bridgehead atoms. The minimum atomic E-state index is -3.41. The summed E-state index contributed by atoms with van der Waals surface area (Å²) >= 11 is 0. The summed E-state index contributed by atoms with van der Waals surface area (Å²) in [6.45, 7) is 2.85. The van der Waals surface area contributed by atoms with Gasteiger partial charge in [0.2, 0.25) is 10.0 Å². The number of piperidine rings is 1. The number of likely N-dealkylation sites (tertiary alicyclic amines) is 1. The van der Waals surface area contributed by atoms with Crippen molar-refractivity contribution in [2.45, 2.75) is 61.9 Å². The van der Waals surface area contributed by atoms with Crippen LogP contribution in [0.2, 0.25) is 0 Å². The van der Waals surface area contributed by atoms with E-state index < -0.39 is 10.0 Å². The van der Waals surface area contributed by atoms with Gasteiger partial charge in [0.25, 0.3) is 0 Å². The molecule has 0 amide bonds. The van der Waals surface area contributed by atoms with Crippen molar-refractivity contribution < 1.29 is 8.42 Å². The molecule has 6 heteroatoms. The maximum absolute atomic E-state index is 12.5. The summed E-state index contributed by atoms with van der Waals surface area (Å²) in [5.41, 5.74) is 1.18. The molecule has 25 heavy (non-hydrogen) atoms. The summed E-state index contributed by atoms with van der Waals surface area (Å²) in [6.07, 6.45) is 7.96. The van der Waals surface area contributed by atoms with Gasteiger partial charge in [0.1, 0.15) is 0 Å². The largest absolute Gasteiger partial charge is 0.314 e. The lowest BCUT2D eigenvalue weighted by molar-refractivity contribution is 0.248. The molecule has 2 aliphatic rings. The molecule has 2 fully saturated rings. The van der Waals surface area contributed by atoms with Crippen LogP contribution in [0.5, 0.6) is 0 Å². The molecular weight excluding hydrogens is 334 g/mol. The van der Waals surface area contributed by atoms with Crippen molar-refractivity contribution in [3.63, 3.8) is 0 Å². The van der Waals surface area contributed by atoms with Crippen LogP contribution in [0, 0.1) is 0 Å². The van der Waals surface area contributed by atoms with E-state index in [-0.39, 0.29) is 6.04 Å². The zero-order valence-corrected chi connectivity index (χ0v) is 16.0. The van der Waals surface area contributed by atoms with Gasteiger partial charge < -0.3 is 10.2 Å². The van der Waals surface area contributed by atoms with Crippen LogP contribution in [0.4, 0.5) is 0 Å². The number of nitrogens with one attached hydrogen (secondary N) is 2. The van der Waals surface area contributed by atoms with E-state index in [2.05, 4.69) is 22.0 Å². The maximum atomic E-state index is 12.5. The smallest absolute Gasteiger partial charge is 0.240 e. The third-order valence-electron chi connectivity index (χ3n) is 5.48. The van der Waals surface area contributed by atoms with E-state index in [1.807, 2.05) is 12.1 Å². The summed E-state index contributed by atoms with van der Waals surface area (Å²) in [5.74, 6) is 0. The molecule has 140 valence electrons. The summed E-state index contributed by atoms with van der Waals surface area (Å²) in [6, 6.07) is 8.10. The normalized spacial score (nSPS) is 21.0. The van der Waals surface area contributed by atoms with E-state index in [4.69, 9.17) is 0 Å². The fourth-order valence-electron chi connectivity index (χ4n) is 3.80. The van der Waals surface area contributed by atoms with Gasteiger partial charge in [0.15, 0.2) is 0 Å². The Hall–Kier alpha value is -0.950.